The highest BCUT2D eigenvalue weighted by molar-refractivity contribution is 7.10. The van der Waals surface area contributed by atoms with Gasteiger partial charge in [0.1, 0.15) is 5.82 Å². The van der Waals surface area contributed by atoms with Crippen molar-refractivity contribution in [2.24, 2.45) is 0 Å². The summed E-state index contributed by atoms with van der Waals surface area (Å²) in [6.07, 6.45) is 3.51. The molecule has 0 radical (unpaired) electrons. The Bertz CT molecular complexity index is 666. The van der Waals surface area contributed by atoms with Gasteiger partial charge in [0.15, 0.2) is 0 Å². The van der Waals surface area contributed by atoms with Gasteiger partial charge in [0.2, 0.25) is 0 Å². The zero-order valence-electron chi connectivity index (χ0n) is 12.1. The molecule has 0 aliphatic heterocycles. The van der Waals surface area contributed by atoms with Crippen LogP contribution in [0.1, 0.15) is 45.3 Å². The lowest BCUT2D eigenvalue weighted by molar-refractivity contribution is 0.0915. The molecule has 1 heterocycles. The molecule has 1 aliphatic carbocycles. The Labute approximate surface area is 132 Å². The van der Waals surface area contributed by atoms with Crippen LogP contribution < -0.4 is 5.32 Å². The standard InChI is InChI=1S/C17H18FNO2S/c18-12-7-5-11(6-8-12)15(20)9-19-17(21)14-10-22-16-4-2-1-3-13(14)16/h5-8,10,15,20H,1-4,9H2,(H,19,21). The lowest BCUT2D eigenvalue weighted by atomic mass is 9.95. The van der Waals surface area contributed by atoms with E-state index in [1.54, 1.807) is 11.3 Å². The third-order valence-electron chi connectivity index (χ3n) is 4.02. The summed E-state index contributed by atoms with van der Waals surface area (Å²) in [5.74, 6) is -0.481. The lowest BCUT2D eigenvalue weighted by Crippen LogP contribution is -2.29. The number of halogens is 1. The molecular weight excluding hydrogens is 301 g/mol. The van der Waals surface area contributed by atoms with Gasteiger partial charge < -0.3 is 10.4 Å². The fraction of sp³-hybridized carbons (Fsp3) is 0.353. The summed E-state index contributed by atoms with van der Waals surface area (Å²) in [5.41, 5.74) is 2.50. The predicted octanol–water partition coefficient (Wildman–Crippen LogP) is 3.23. The number of aliphatic hydroxyl groups is 1. The van der Waals surface area contributed by atoms with Crippen LogP contribution in [0.15, 0.2) is 29.6 Å². The van der Waals surface area contributed by atoms with Crippen LogP contribution in [0, 0.1) is 5.82 Å². The quantitative estimate of drug-likeness (QED) is 0.909. The Balaban J connectivity index is 1.62. The molecule has 3 rings (SSSR count). The zero-order valence-corrected chi connectivity index (χ0v) is 13.0. The summed E-state index contributed by atoms with van der Waals surface area (Å²) in [6, 6.07) is 5.66. The molecule has 1 atom stereocenters. The first-order chi connectivity index (χ1) is 10.6. The second-order valence-electron chi connectivity index (χ2n) is 5.54. The van der Waals surface area contributed by atoms with Crippen LogP contribution in [0.2, 0.25) is 0 Å². The van der Waals surface area contributed by atoms with Gasteiger partial charge in [-0.25, -0.2) is 4.39 Å². The van der Waals surface area contributed by atoms with Crippen molar-refractivity contribution in [2.75, 3.05) is 6.54 Å². The average Bonchev–Trinajstić information content (AvgIpc) is 2.97. The maximum atomic E-state index is 12.9. The van der Waals surface area contributed by atoms with Crippen LogP contribution >= 0.6 is 11.3 Å². The number of aryl methyl sites for hydroxylation is 1. The van der Waals surface area contributed by atoms with Gasteiger partial charge in [-0.05, 0) is 48.9 Å². The van der Waals surface area contributed by atoms with E-state index in [0.717, 1.165) is 24.8 Å². The van der Waals surface area contributed by atoms with Crippen LogP contribution in [0.3, 0.4) is 0 Å². The topological polar surface area (TPSA) is 49.3 Å². The van der Waals surface area contributed by atoms with E-state index in [4.69, 9.17) is 0 Å². The molecule has 0 bridgehead atoms. The van der Waals surface area contributed by atoms with E-state index in [9.17, 15) is 14.3 Å². The summed E-state index contributed by atoms with van der Waals surface area (Å²) in [4.78, 5) is 13.6. The molecule has 0 saturated heterocycles. The van der Waals surface area contributed by atoms with Crippen molar-refractivity contribution in [2.45, 2.75) is 31.8 Å². The Hall–Kier alpha value is -1.72. The molecule has 0 spiro atoms. The number of carbonyl (C=O) groups excluding carboxylic acids is 1. The maximum Gasteiger partial charge on any atom is 0.252 e. The van der Waals surface area contributed by atoms with Crippen molar-refractivity contribution in [1.82, 2.24) is 5.32 Å². The molecule has 2 N–H and O–H groups in total. The molecule has 3 nitrogen and oxygen atoms in total. The van der Waals surface area contributed by atoms with Crippen molar-refractivity contribution >= 4 is 17.2 Å². The van der Waals surface area contributed by atoms with Crippen molar-refractivity contribution in [3.63, 3.8) is 0 Å². The van der Waals surface area contributed by atoms with Crippen LogP contribution in [-0.2, 0) is 12.8 Å². The maximum absolute atomic E-state index is 12.9. The van der Waals surface area contributed by atoms with Crippen molar-refractivity contribution in [3.05, 3.63) is 57.0 Å². The zero-order chi connectivity index (χ0) is 15.5. The highest BCUT2D eigenvalue weighted by atomic mass is 32.1. The number of aliphatic hydroxyl groups excluding tert-OH is 1. The summed E-state index contributed by atoms with van der Waals surface area (Å²) in [7, 11) is 0. The van der Waals surface area contributed by atoms with E-state index >= 15 is 0 Å². The molecule has 5 heteroatoms. The highest BCUT2D eigenvalue weighted by Gasteiger charge is 2.20. The number of benzene rings is 1. The molecule has 1 unspecified atom stereocenters. The number of thiophene rings is 1. The molecule has 22 heavy (non-hydrogen) atoms. The summed E-state index contributed by atoms with van der Waals surface area (Å²) >= 11 is 1.65. The smallest absolute Gasteiger partial charge is 0.252 e. The van der Waals surface area contributed by atoms with Gasteiger partial charge in [-0.3, -0.25) is 4.79 Å². The minimum absolute atomic E-state index is 0.120. The largest absolute Gasteiger partial charge is 0.387 e. The first kappa shape index (κ1) is 15.2. The first-order valence-corrected chi connectivity index (χ1v) is 8.34. The van der Waals surface area contributed by atoms with Crippen LogP contribution in [-0.4, -0.2) is 17.6 Å². The summed E-state index contributed by atoms with van der Waals surface area (Å²) < 4.78 is 12.9. The van der Waals surface area contributed by atoms with E-state index in [1.165, 1.54) is 41.1 Å². The minimum atomic E-state index is -0.834. The normalized spacial score (nSPS) is 15.2. The molecule has 0 saturated carbocycles. The molecule has 1 aromatic carbocycles. The van der Waals surface area contributed by atoms with Gasteiger partial charge in [0.25, 0.3) is 5.91 Å². The van der Waals surface area contributed by atoms with E-state index in [0.29, 0.717) is 5.56 Å². The number of rotatable bonds is 4. The van der Waals surface area contributed by atoms with Crippen LogP contribution in [0.5, 0.6) is 0 Å². The van der Waals surface area contributed by atoms with Crippen LogP contribution in [0.25, 0.3) is 0 Å². The molecule has 0 fully saturated rings. The molecular formula is C17H18FNO2S. The third-order valence-corrected chi connectivity index (χ3v) is 5.11. The monoisotopic (exact) mass is 319 g/mol. The first-order valence-electron chi connectivity index (χ1n) is 7.46. The minimum Gasteiger partial charge on any atom is -0.387 e. The second-order valence-corrected chi connectivity index (χ2v) is 6.50. The molecule has 1 aromatic heterocycles. The SMILES string of the molecule is O=C(NCC(O)c1ccc(F)cc1)c1csc2c1CCCC2. The van der Waals surface area contributed by atoms with E-state index < -0.39 is 6.10 Å². The molecule has 1 aliphatic rings. The Morgan fingerprint density at radius 2 is 2.00 bits per heavy atom. The molecule has 2 aromatic rings. The Kier molecular flexibility index (Phi) is 4.55. The number of amides is 1. The summed E-state index contributed by atoms with van der Waals surface area (Å²) in [6.45, 7) is 0.120. The van der Waals surface area contributed by atoms with E-state index in [1.807, 2.05) is 5.38 Å². The lowest BCUT2D eigenvalue weighted by Gasteiger charge is -2.14. The number of nitrogens with one attached hydrogen (secondary N) is 1. The second kappa shape index (κ2) is 6.58. The highest BCUT2D eigenvalue weighted by Crippen LogP contribution is 2.30. The number of carbonyl (C=O) groups is 1. The van der Waals surface area contributed by atoms with E-state index in [2.05, 4.69) is 5.32 Å². The van der Waals surface area contributed by atoms with E-state index in [-0.39, 0.29) is 18.3 Å². The number of hydrogen-bond donors (Lipinski definition) is 2. The van der Waals surface area contributed by atoms with Crippen LogP contribution in [0.4, 0.5) is 4.39 Å². The number of fused-ring (bicyclic) bond motifs is 1. The van der Waals surface area contributed by atoms with Gasteiger partial charge >= 0.3 is 0 Å². The molecule has 1 amide bonds. The Morgan fingerprint density at radius 3 is 2.77 bits per heavy atom. The van der Waals surface area contributed by atoms with Crippen molar-refractivity contribution in [1.29, 1.82) is 0 Å². The van der Waals surface area contributed by atoms with Crippen molar-refractivity contribution < 1.29 is 14.3 Å². The van der Waals surface area contributed by atoms with Gasteiger partial charge in [-0.2, -0.15) is 0 Å². The Morgan fingerprint density at radius 1 is 1.27 bits per heavy atom. The fourth-order valence-corrected chi connectivity index (χ4v) is 3.90. The number of hydrogen-bond acceptors (Lipinski definition) is 3. The predicted molar refractivity (Wildman–Crippen MR) is 84.7 cm³/mol. The van der Waals surface area contributed by atoms with Gasteiger partial charge in [0, 0.05) is 16.8 Å². The fourth-order valence-electron chi connectivity index (χ4n) is 2.77. The van der Waals surface area contributed by atoms with Gasteiger partial charge in [0.05, 0.1) is 11.7 Å². The van der Waals surface area contributed by atoms with Gasteiger partial charge in [-0.1, -0.05) is 12.1 Å². The average molecular weight is 319 g/mol. The molecule has 116 valence electrons. The third kappa shape index (κ3) is 3.20. The summed E-state index contributed by atoms with van der Waals surface area (Å²) in [5, 5.41) is 14.7. The van der Waals surface area contributed by atoms with Gasteiger partial charge in [-0.15, -0.1) is 11.3 Å². The van der Waals surface area contributed by atoms with Crippen molar-refractivity contribution in [3.8, 4) is 0 Å².